The molecule has 0 aromatic heterocycles. The fourth-order valence-electron chi connectivity index (χ4n) is 3.03. The monoisotopic (exact) mass is 264 g/mol. The van der Waals surface area contributed by atoms with Crippen LogP contribution >= 0.6 is 0 Å². The quantitative estimate of drug-likeness (QED) is 0.857. The van der Waals surface area contributed by atoms with E-state index in [9.17, 15) is 10.2 Å². The summed E-state index contributed by atoms with van der Waals surface area (Å²) in [7, 11) is 0. The predicted octanol–water partition coefficient (Wildman–Crippen LogP) is 1.97. The maximum absolute atomic E-state index is 10.4. The van der Waals surface area contributed by atoms with Gasteiger partial charge >= 0.3 is 0 Å². The number of aliphatic hydroxyl groups excluding tert-OH is 1. The largest absolute Gasteiger partial charge is 0.504 e. The zero-order valence-corrected chi connectivity index (χ0v) is 11.2. The van der Waals surface area contributed by atoms with Gasteiger partial charge in [-0.3, -0.25) is 0 Å². The molecule has 2 aliphatic rings. The molecule has 3 rings (SSSR count). The topological polar surface area (TPSA) is 58.9 Å². The van der Waals surface area contributed by atoms with Crippen LogP contribution in [0.2, 0.25) is 0 Å². The summed E-state index contributed by atoms with van der Waals surface area (Å²) in [5.74, 6) is 1.65. The lowest BCUT2D eigenvalue weighted by Gasteiger charge is -2.29. The standard InChI is InChI=1S/C15H20O4/c1-9(16)8-12-10-4-2-7-19-15(10)13(17)11-5-3-6-18-14(11)12/h9,16-17H,2-8H2,1H3. The van der Waals surface area contributed by atoms with Crippen molar-refractivity contribution in [3.63, 3.8) is 0 Å². The summed E-state index contributed by atoms with van der Waals surface area (Å²) >= 11 is 0. The molecule has 4 heteroatoms. The fraction of sp³-hybridized carbons (Fsp3) is 0.600. The molecule has 0 radical (unpaired) electrons. The molecule has 1 unspecified atom stereocenters. The van der Waals surface area contributed by atoms with Gasteiger partial charge < -0.3 is 19.7 Å². The second-order valence-electron chi connectivity index (χ2n) is 5.40. The van der Waals surface area contributed by atoms with Crippen molar-refractivity contribution in [1.82, 2.24) is 0 Å². The number of aliphatic hydroxyl groups is 1. The molecule has 0 saturated carbocycles. The van der Waals surface area contributed by atoms with E-state index < -0.39 is 6.10 Å². The van der Waals surface area contributed by atoms with Gasteiger partial charge in [-0.2, -0.15) is 0 Å². The minimum absolute atomic E-state index is 0.249. The zero-order chi connectivity index (χ0) is 13.4. The van der Waals surface area contributed by atoms with Crippen molar-refractivity contribution in [2.45, 2.75) is 45.1 Å². The first kappa shape index (κ1) is 12.6. The Morgan fingerprint density at radius 1 is 1.05 bits per heavy atom. The van der Waals surface area contributed by atoms with E-state index in [0.717, 1.165) is 48.1 Å². The molecule has 2 aliphatic heterocycles. The molecule has 1 aromatic carbocycles. The van der Waals surface area contributed by atoms with Crippen molar-refractivity contribution in [3.05, 3.63) is 16.7 Å². The molecule has 2 N–H and O–H groups in total. The lowest BCUT2D eigenvalue weighted by molar-refractivity contribution is 0.190. The van der Waals surface area contributed by atoms with Gasteiger partial charge in [0.25, 0.3) is 0 Å². The van der Waals surface area contributed by atoms with Crippen LogP contribution in [0.3, 0.4) is 0 Å². The summed E-state index contributed by atoms with van der Waals surface area (Å²) < 4.78 is 11.4. The maximum Gasteiger partial charge on any atom is 0.164 e. The van der Waals surface area contributed by atoms with Crippen molar-refractivity contribution in [1.29, 1.82) is 0 Å². The van der Waals surface area contributed by atoms with Crippen molar-refractivity contribution >= 4 is 0 Å². The van der Waals surface area contributed by atoms with Crippen LogP contribution in [0.4, 0.5) is 0 Å². The lowest BCUT2D eigenvalue weighted by Crippen LogP contribution is -2.19. The number of fused-ring (bicyclic) bond motifs is 2. The van der Waals surface area contributed by atoms with Crippen LogP contribution in [-0.4, -0.2) is 29.5 Å². The molecule has 0 saturated heterocycles. The molecule has 0 amide bonds. The van der Waals surface area contributed by atoms with Gasteiger partial charge in [-0.1, -0.05) is 0 Å². The van der Waals surface area contributed by atoms with Crippen molar-refractivity contribution < 1.29 is 19.7 Å². The van der Waals surface area contributed by atoms with Crippen LogP contribution in [0.5, 0.6) is 17.2 Å². The Bertz CT molecular complexity index is 456. The van der Waals surface area contributed by atoms with Crippen LogP contribution in [0, 0.1) is 0 Å². The third-order valence-electron chi connectivity index (χ3n) is 3.82. The molecule has 2 heterocycles. The number of rotatable bonds is 2. The van der Waals surface area contributed by atoms with E-state index in [1.165, 1.54) is 0 Å². The van der Waals surface area contributed by atoms with Gasteiger partial charge in [0, 0.05) is 23.1 Å². The summed E-state index contributed by atoms with van der Waals surface area (Å²) in [6, 6.07) is 0. The first-order valence-electron chi connectivity index (χ1n) is 7.01. The molecular weight excluding hydrogens is 244 g/mol. The molecule has 104 valence electrons. The summed E-state index contributed by atoms with van der Waals surface area (Å²) in [6.45, 7) is 3.10. The van der Waals surface area contributed by atoms with E-state index in [0.29, 0.717) is 25.4 Å². The first-order chi connectivity index (χ1) is 9.18. The number of hydrogen-bond donors (Lipinski definition) is 2. The normalized spacial score (nSPS) is 18.8. The number of phenols is 1. The van der Waals surface area contributed by atoms with Gasteiger partial charge in [0.1, 0.15) is 5.75 Å². The molecule has 0 fully saturated rings. The highest BCUT2D eigenvalue weighted by molar-refractivity contribution is 5.63. The van der Waals surface area contributed by atoms with E-state index in [1.54, 1.807) is 6.92 Å². The highest BCUT2D eigenvalue weighted by Gasteiger charge is 2.29. The number of ether oxygens (including phenoxy) is 2. The van der Waals surface area contributed by atoms with Crippen LogP contribution in [0.1, 0.15) is 36.5 Å². The Labute approximate surface area is 113 Å². The highest BCUT2D eigenvalue weighted by Crippen LogP contribution is 2.47. The summed E-state index contributed by atoms with van der Waals surface area (Å²) in [5.41, 5.74) is 2.89. The smallest absolute Gasteiger partial charge is 0.164 e. The molecule has 4 nitrogen and oxygen atoms in total. The molecule has 1 atom stereocenters. The van der Waals surface area contributed by atoms with Crippen molar-refractivity contribution in [2.75, 3.05) is 13.2 Å². The van der Waals surface area contributed by atoms with E-state index in [4.69, 9.17) is 9.47 Å². The van der Waals surface area contributed by atoms with Gasteiger partial charge in [0.15, 0.2) is 11.5 Å². The van der Waals surface area contributed by atoms with Crippen molar-refractivity contribution in [3.8, 4) is 17.2 Å². The summed E-state index contributed by atoms with van der Waals surface area (Å²) in [4.78, 5) is 0. The van der Waals surface area contributed by atoms with E-state index in [-0.39, 0.29) is 5.75 Å². The number of benzene rings is 1. The molecule has 19 heavy (non-hydrogen) atoms. The minimum atomic E-state index is -0.426. The third-order valence-corrected chi connectivity index (χ3v) is 3.82. The molecule has 1 aromatic rings. The second-order valence-corrected chi connectivity index (χ2v) is 5.40. The minimum Gasteiger partial charge on any atom is -0.504 e. The molecule has 0 bridgehead atoms. The van der Waals surface area contributed by atoms with Gasteiger partial charge in [-0.05, 0) is 32.6 Å². The van der Waals surface area contributed by atoms with Crippen LogP contribution in [0.15, 0.2) is 0 Å². The average Bonchev–Trinajstić information content (AvgIpc) is 2.43. The Hall–Kier alpha value is -1.42. The van der Waals surface area contributed by atoms with Crippen LogP contribution in [-0.2, 0) is 19.3 Å². The van der Waals surface area contributed by atoms with E-state index >= 15 is 0 Å². The lowest BCUT2D eigenvalue weighted by atomic mass is 9.89. The molecule has 0 spiro atoms. The number of phenolic OH excluding ortho intramolecular Hbond substituents is 1. The summed E-state index contributed by atoms with van der Waals surface area (Å²) in [5, 5.41) is 20.1. The summed E-state index contributed by atoms with van der Waals surface area (Å²) in [6.07, 6.45) is 3.66. The van der Waals surface area contributed by atoms with Crippen LogP contribution < -0.4 is 9.47 Å². The highest BCUT2D eigenvalue weighted by atomic mass is 16.5. The predicted molar refractivity (Wildman–Crippen MR) is 71.1 cm³/mol. The zero-order valence-electron chi connectivity index (χ0n) is 11.2. The van der Waals surface area contributed by atoms with Gasteiger partial charge in [0.2, 0.25) is 0 Å². The number of hydrogen-bond acceptors (Lipinski definition) is 4. The molecule has 0 aliphatic carbocycles. The van der Waals surface area contributed by atoms with Gasteiger partial charge in [-0.25, -0.2) is 0 Å². The second kappa shape index (κ2) is 4.93. The van der Waals surface area contributed by atoms with E-state index in [2.05, 4.69) is 0 Å². The fourth-order valence-corrected chi connectivity index (χ4v) is 3.03. The SMILES string of the molecule is CC(O)Cc1c2c(c(O)c3c1OCCC3)OCCC2. The van der Waals surface area contributed by atoms with E-state index in [1.807, 2.05) is 0 Å². The average molecular weight is 264 g/mol. The third kappa shape index (κ3) is 2.14. The molecular formula is C15H20O4. The van der Waals surface area contributed by atoms with Gasteiger partial charge in [-0.15, -0.1) is 0 Å². The Morgan fingerprint density at radius 3 is 2.37 bits per heavy atom. The maximum atomic E-state index is 10.4. The van der Waals surface area contributed by atoms with Crippen LogP contribution in [0.25, 0.3) is 0 Å². The Kier molecular flexibility index (Phi) is 3.27. The van der Waals surface area contributed by atoms with Gasteiger partial charge in [0.05, 0.1) is 19.3 Å². The number of aromatic hydroxyl groups is 1. The Morgan fingerprint density at radius 2 is 1.68 bits per heavy atom. The first-order valence-corrected chi connectivity index (χ1v) is 7.01. The Balaban J connectivity index is 2.18. The van der Waals surface area contributed by atoms with Crippen molar-refractivity contribution in [2.24, 2.45) is 0 Å².